The van der Waals surface area contributed by atoms with Crippen LogP contribution in [0, 0.1) is 11.3 Å². The molecule has 0 saturated heterocycles. The van der Waals surface area contributed by atoms with Gasteiger partial charge in [0.1, 0.15) is 11.8 Å². The van der Waals surface area contributed by atoms with Gasteiger partial charge in [-0.3, -0.25) is 0 Å². The SMILES string of the molecule is N#C/C(C(=O)O)=C(/O)CCl. The number of carboxylic acids is 1. The van der Waals surface area contributed by atoms with Gasteiger partial charge in [-0.1, -0.05) is 0 Å². The Kier molecular flexibility index (Phi) is 3.29. The van der Waals surface area contributed by atoms with Gasteiger partial charge in [0.25, 0.3) is 0 Å². The van der Waals surface area contributed by atoms with E-state index in [-0.39, 0.29) is 5.88 Å². The molecule has 0 amide bonds. The van der Waals surface area contributed by atoms with Crippen molar-refractivity contribution in [2.24, 2.45) is 0 Å². The van der Waals surface area contributed by atoms with Gasteiger partial charge in [-0.05, 0) is 0 Å². The van der Waals surface area contributed by atoms with Crippen LogP contribution in [0.5, 0.6) is 0 Å². The van der Waals surface area contributed by atoms with Crippen LogP contribution in [-0.4, -0.2) is 22.1 Å². The zero-order chi connectivity index (χ0) is 8.15. The quantitative estimate of drug-likeness (QED) is 0.270. The molecule has 0 aromatic rings. The molecule has 4 nitrogen and oxygen atoms in total. The summed E-state index contributed by atoms with van der Waals surface area (Å²) >= 11 is 5.05. The van der Waals surface area contributed by atoms with Crippen LogP contribution < -0.4 is 0 Å². The van der Waals surface area contributed by atoms with Gasteiger partial charge >= 0.3 is 5.97 Å². The van der Waals surface area contributed by atoms with Gasteiger partial charge in [0, 0.05) is 0 Å². The summed E-state index contributed by atoms with van der Waals surface area (Å²) in [5.41, 5.74) is -0.713. The van der Waals surface area contributed by atoms with E-state index in [0.717, 1.165) is 0 Å². The highest BCUT2D eigenvalue weighted by molar-refractivity contribution is 6.19. The van der Waals surface area contributed by atoms with E-state index in [2.05, 4.69) is 0 Å². The van der Waals surface area contributed by atoms with Crippen molar-refractivity contribution in [3.8, 4) is 6.07 Å². The molecule has 0 radical (unpaired) electrons. The summed E-state index contributed by atoms with van der Waals surface area (Å²) in [6, 6.07) is 1.30. The molecular formula is C5H4ClNO3. The van der Waals surface area contributed by atoms with Crippen molar-refractivity contribution in [2.75, 3.05) is 5.88 Å². The predicted octanol–water partition coefficient (Wildman–Crippen LogP) is 0.645. The molecule has 54 valence electrons. The lowest BCUT2D eigenvalue weighted by Crippen LogP contribution is -2.03. The number of nitrogens with zero attached hydrogens (tertiary/aromatic N) is 1. The highest BCUT2D eigenvalue weighted by Gasteiger charge is 2.11. The Balaban J connectivity index is 4.68. The second-order valence-corrected chi connectivity index (χ2v) is 1.64. The van der Waals surface area contributed by atoms with E-state index in [0.29, 0.717) is 0 Å². The molecule has 0 spiro atoms. The lowest BCUT2D eigenvalue weighted by Gasteiger charge is -1.92. The van der Waals surface area contributed by atoms with Crippen molar-refractivity contribution < 1.29 is 15.0 Å². The van der Waals surface area contributed by atoms with Gasteiger partial charge in [0.15, 0.2) is 5.57 Å². The number of nitriles is 1. The van der Waals surface area contributed by atoms with E-state index in [4.69, 9.17) is 27.1 Å². The normalized spacial score (nSPS) is 11.6. The molecule has 0 bridgehead atoms. The van der Waals surface area contributed by atoms with E-state index in [9.17, 15) is 4.79 Å². The highest BCUT2D eigenvalue weighted by atomic mass is 35.5. The number of carboxylic acid groups (broad SMARTS) is 1. The van der Waals surface area contributed by atoms with Crippen molar-refractivity contribution in [1.29, 1.82) is 5.26 Å². The molecule has 0 saturated carbocycles. The largest absolute Gasteiger partial charge is 0.509 e. The lowest BCUT2D eigenvalue weighted by atomic mass is 10.3. The zero-order valence-corrected chi connectivity index (χ0v) is 5.59. The van der Waals surface area contributed by atoms with Crippen LogP contribution in [0.2, 0.25) is 0 Å². The Morgan fingerprint density at radius 1 is 1.60 bits per heavy atom. The van der Waals surface area contributed by atoms with Crippen LogP contribution in [0.3, 0.4) is 0 Å². The van der Waals surface area contributed by atoms with Crippen molar-refractivity contribution in [2.45, 2.75) is 0 Å². The van der Waals surface area contributed by atoms with Crippen LogP contribution in [0.25, 0.3) is 0 Å². The maximum absolute atomic E-state index is 10.0. The number of hydrogen-bond donors (Lipinski definition) is 2. The summed E-state index contributed by atoms with van der Waals surface area (Å²) < 4.78 is 0. The van der Waals surface area contributed by atoms with Gasteiger partial charge in [-0.2, -0.15) is 5.26 Å². The van der Waals surface area contributed by atoms with Gasteiger partial charge < -0.3 is 10.2 Å². The molecule has 0 aromatic heterocycles. The lowest BCUT2D eigenvalue weighted by molar-refractivity contribution is -0.132. The first-order chi connectivity index (χ1) is 4.63. The summed E-state index contributed by atoms with van der Waals surface area (Å²) in [6.45, 7) is 0. The molecule has 0 aromatic carbocycles. The Bertz CT molecular complexity index is 215. The predicted molar refractivity (Wildman–Crippen MR) is 33.6 cm³/mol. The molecule has 0 heterocycles. The highest BCUT2D eigenvalue weighted by Crippen LogP contribution is 2.01. The minimum Gasteiger partial charge on any atom is -0.509 e. The van der Waals surface area contributed by atoms with Gasteiger partial charge in [0.05, 0.1) is 5.88 Å². The molecule has 0 rings (SSSR count). The molecule has 0 aliphatic rings. The molecule has 0 aliphatic carbocycles. The van der Waals surface area contributed by atoms with Crippen molar-refractivity contribution >= 4 is 17.6 Å². The van der Waals surface area contributed by atoms with E-state index in [1.807, 2.05) is 0 Å². The maximum atomic E-state index is 10.0. The molecule has 0 unspecified atom stereocenters. The number of rotatable bonds is 2. The van der Waals surface area contributed by atoms with Gasteiger partial charge in [-0.15, -0.1) is 11.6 Å². The van der Waals surface area contributed by atoms with Crippen LogP contribution in [0.15, 0.2) is 11.3 Å². The van der Waals surface area contributed by atoms with E-state index in [1.165, 1.54) is 6.07 Å². The third-order valence-corrected chi connectivity index (χ3v) is 0.994. The zero-order valence-electron chi connectivity index (χ0n) is 4.83. The topological polar surface area (TPSA) is 81.3 Å². The van der Waals surface area contributed by atoms with Crippen molar-refractivity contribution in [3.05, 3.63) is 11.3 Å². The van der Waals surface area contributed by atoms with Gasteiger partial charge in [-0.25, -0.2) is 4.79 Å². The molecule has 0 fully saturated rings. The fourth-order valence-electron chi connectivity index (χ4n) is 0.303. The Hall–Kier alpha value is -1.21. The number of aliphatic hydroxyl groups is 1. The molecule has 5 heteroatoms. The Morgan fingerprint density at radius 2 is 2.10 bits per heavy atom. The monoisotopic (exact) mass is 161 g/mol. The smallest absolute Gasteiger partial charge is 0.349 e. The summed E-state index contributed by atoms with van der Waals surface area (Å²) in [6.07, 6.45) is 0. The van der Waals surface area contributed by atoms with E-state index >= 15 is 0 Å². The van der Waals surface area contributed by atoms with Crippen LogP contribution in [0.1, 0.15) is 0 Å². The van der Waals surface area contributed by atoms with Crippen LogP contribution in [0.4, 0.5) is 0 Å². The van der Waals surface area contributed by atoms with E-state index < -0.39 is 17.3 Å². The number of hydrogen-bond acceptors (Lipinski definition) is 3. The van der Waals surface area contributed by atoms with Crippen molar-refractivity contribution in [3.63, 3.8) is 0 Å². The molecule has 2 N–H and O–H groups in total. The first kappa shape index (κ1) is 8.79. The van der Waals surface area contributed by atoms with Gasteiger partial charge in [0.2, 0.25) is 0 Å². The first-order valence-corrected chi connectivity index (χ1v) is 2.78. The van der Waals surface area contributed by atoms with Crippen molar-refractivity contribution in [1.82, 2.24) is 0 Å². The molecule has 10 heavy (non-hydrogen) atoms. The number of carbonyl (C=O) groups is 1. The van der Waals surface area contributed by atoms with E-state index in [1.54, 1.807) is 0 Å². The average Bonchev–Trinajstić information content (AvgIpc) is 1.88. The third kappa shape index (κ3) is 1.96. The standard InChI is InChI=1S/C5H4ClNO3/c6-1-4(8)3(2-7)5(9)10/h8H,1H2,(H,9,10)/b4-3-. The van der Waals surface area contributed by atoms with Crippen LogP contribution >= 0.6 is 11.6 Å². The fourth-order valence-corrected chi connectivity index (χ4v) is 0.436. The Morgan fingerprint density at radius 3 is 2.20 bits per heavy atom. The number of halogens is 1. The summed E-state index contributed by atoms with van der Waals surface area (Å²) in [5, 5.41) is 24.9. The minimum atomic E-state index is -1.47. The molecule has 0 aliphatic heterocycles. The number of alkyl halides is 1. The first-order valence-electron chi connectivity index (χ1n) is 2.25. The summed E-state index contributed by atoms with van der Waals surface area (Å²) in [5.74, 6) is -2.45. The minimum absolute atomic E-state index is 0.366. The molecular weight excluding hydrogens is 158 g/mol. The number of aliphatic carboxylic acids is 1. The average molecular weight is 162 g/mol. The van der Waals surface area contributed by atoms with Crippen LogP contribution in [-0.2, 0) is 4.79 Å². The number of aliphatic hydroxyl groups excluding tert-OH is 1. The number of allylic oxidation sites excluding steroid dienone is 1. The maximum Gasteiger partial charge on any atom is 0.349 e. The second kappa shape index (κ2) is 3.75. The molecule has 0 atom stereocenters. The second-order valence-electron chi connectivity index (χ2n) is 1.37. The third-order valence-electron chi connectivity index (χ3n) is 0.741. The fraction of sp³-hybridized carbons (Fsp3) is 0.200. The summed E-state index contributed by atoms with van der Waals surface area (Å²) in [7, 11) is 0. The Labute approximate surface area is 62.0 Å². The summed E-state index contributed by atoms with van der Waals surface area (Å²) in [4.78, 5) is 10.0.